The van der Waals surface area contributed by atoms with Crippen LogP contribution in [0.5, 0.6) is 5.75 Å². The van der Waals surface area contributed by atoms with E-state index in [4.69, 9.17) is 9.47 Å². The first kappa shape index (κ1) is 13.5. The van der Waals surface area contributed by atoms with Crippen molar-refractivity contribution in [1.82, 2.24) is 0 Å². The number of rotatable bonds is 4. The fourth-order valence-corrected chi connectivity index (χ4v) is 2.22. The molecule has 0 saturated carbocycles. The molecule has 0 amide bonds. The molecular weight excluding hydrogens is 244 g/mol. The van der Waals surface area contributed by atoms with Gasteiger partial charge in [0.15, 0.2) is 4.88 Å². The van der Waals surface area contributed by atoms with Crippen molar-refractivity contribution < 1.29 is 24.2 Å². The SMILES string of the molecule is CCOC(=O)c1sc(C(=O)OCC)c(O)c1C. The minimum atomic E-state index is -0.631. The van der Waals surface area contributed by atoms with Crippen molar-refractivity contribution in [2.45, 2.75) is 20.8 Å². The number of hydrogen-bond donors (Lipinski definition) is 1. The number of carbonyl (C=O) groups excluding carboxylic acids is 2. The Bertz CT molecular complexity index is 397. The Balaban J connectivity index is 3.07. The van der Waals surface area contributed by atoms with Crippen molar-refractivity contribution in [3.05, 3.63) is 15.3 Å². The average molecular weight is 258 g/mol. The fraction of sp³-hybridized carbons (Fsp3) is 0.455. The van der Waals surface area contributed by atoms with Crippen molar-refractivity contribution in [1.29, 1.82) is 0 Å². The molecule has 1 aromatic heterocycles. The highest BCUT2D eigenvalue weighted by Crippen LogP contribution is 2.34. The van der Waals surface area contributed by atoms with E-state index < -0.39 is 11.9 Å². The maximum absolute atomic E-state index is 11.5. The van der Waals surface area contributed by atoms with E-state index in [1.165, 1.54) is 0 Å². The zero-order valence-corrected chi connectivity index (χ0v) is 10.7. The first-order valence-corrected chi connectivity index (χ1v) is 6.01. The number of ether oxygens (including phenoxy) is 2. The largest absolute Gasteiger partial charge is 0.506 e. The van der Waals surface area contributed by atoms with Gasteiger partial charge in [0.2, 0.25) is 0 Å². The van der Waals surface area contributed by atoms with Gasteiger partial charge in [-0.15, -0.1) is 11.3 Å². The lowest BCUT2D eigenvalue weighted by Gasteiger charge is -1.98. The van der Waals surface area contributed by atoms with Gasteiger partial charge in [-0.25, -0.2) is 9.59 Å². The fourth-order valence-electron chi connectivity index (χ4n) is 1.23. The molecule has 17 heavy (non-hydrogen) atoms. The van der Waals surface area contributed by atoms with Crippen LogP contribution in [0.3, 0.4) is 0 Å². The van der Waals surface area contributed by atoms with E-state index in [2.05, 4.69) is 0 Å². The standard InChI is InChI=1S/C11H14O5S/c1-4-15-10(13)8-6(3)7(12)9(17-8)11(14)16-5-2/h12H,4-5H2,1-3H3. The Morgan fingerprint density at radius 3 is 2.06 bits per heavy atom. The van der Waals surface area contributed by atoms with Crippen molar-refractivity contribution >= 4 is 23.3 Å². The highest BCUT2D eigenvalue weighted by Gasteiger charge is 2.25. The van der Waals surface area contributed by atoms with Gasteiger partial charge in [-0.1, -0.05) is 0 Å². The van der Waals surface area contributed by atoms with Gasteiger partial charge in [-0.05, 0) is 20.8 Å². The molecule has 0 aromatic carbocycles. The first-order chi connectivity index (χ1) is 8.02. The van der Waals surface area contributed by atoms with Crippen LogP contribution in [0.1, 0.15) is 38.8 Å². The first-order valence-electron chi connectivity index (χ1n) is 5.19. The topological polar surface area (TPSA) is 72.8 Å². The van der Waals surface area contributed by atoms with Gasteiger partial charge >= 0.3 is 11.9 Å². The highest BCUT2D eigenvalue weighted by molar-refractivity contribution is 7.16. The average Bonchev–Trinajstić information content (AvgIpc) is 2.57. The van der Waals surface area contributed by atoms with Gasteiger partial charge in [0, 0.05) is 5.56 Å². The lowest BCUT2D eigenvalue weighted by Crippen LogP contribution is -2.03. The number of thiophene rings is 1. The monoisotopic (exact) mass is 258 g/mol. The molecule has 0 aliphatic carbocycles. The van der Waals surface area contributed by atoms with Crippen molar-refractivity contribution in [2.24, 2.45) is 0 Å². The molecule has 1 heterocycles. The van der Waals surface area contributed by atoms with E-state index in [1.54, 1.807) is 20.8 Å². The van der Waals surface area contributed by atoms with Crippen LogP contribution in [0.25, 0.3) is 0 Å². The van der Waals surface area contributed by atoms with Crippen molar-refractivity contribution in [3.63, 3.8) is 0 Å². The number of hydrogen-bond acceptors (Lipinski definition) is 6. The summed E-state index contributed by atoms with van der Waals surface area (Å²) in [4.78, 5) is 23.3. The summed E-state index contributed by atoms with van der Waals surface area (Å²) in [6, 6.07) is 0. The van der Waals surface area contributed by atoms with E-state index >= 15 is 0 Å². The van der Waals surface area contributed by atoms with Crippen LogP contribution < -0.4 is 0 Å². The Morgan fingerprint density at radius 2 is 1.59 bits per heavy atom. The number of esters is 2. The summed E-state index contributed by atoms with van der Waals surface area (Å²) in [6.07, 6.45) is 0. The molecule has 0 radical (unpaired) electrons. The normalized spacial score (nSPS) is 10.1. The van der Waals surface area contributed by atoms with Gasteiger partial charge in [-0.3, -0.25) is 0 Å². The lowest BCUT2D eigenvalue weighted by atomic mass is 10.2. The smallest absolute Gasteiger partial charge is 0.352 e. The zero-order valence-electron chi connectivity index (χ0n) is 9.90. The summed E-state index contributed by atoms with van der Waals surface area (Å²) in [5, 5.41) is 9.73. The van der Waals surface area contributed by atoms with Gasteiger partial charge in [0.05, 0.1) is 13.2 Å². The summed E-state index contributed by atoms with van der Waals surface area (Å²) in [5.74, 6) is -1.38. The highest BCUT2D eigenvalue weighted by atomic mass is 32.1. The third-order valence-electron chi connectivity index (χ3n) is 2.04. The third-order valence-corrected chi connectivity index (χ3v) is 3.28. The van der Waals surface area contributed by atoms with Crippen LogP contribution in [0.2, 0.25) is 0 Å². The summed E-state index contributed by atoms with van der Waals surface area (Å²) in [5.41, 5.74) is 0.344. The van der Waals surface area contributed by atoms with Gasteiger partial charge in [0.1, 0.15) is 10.6 Å². The van der Waals surface area contributed by atoms with E-state index in [0.29, 0.717) is 5.56 Å². The Morgan fingerprint density at radius 1 is 1.12 bits per heavy atom. The van der Waals surface area contributed by atoms with Crippen LogP contribution in [-0.4, -0.2) is 30.3 Å². The molecule has 0 spiro atoms. The predicted octanol–water partition coefficient (Wildman–Crippen LogP) is 2.12. The maximum atomic E-state index is 11.5. The van der Waals surface area contributed by atoms with Gasteiger partial charge in [-0.2, -0.15) is 0 Å². The summed E-state index contributed by atoms with van der Waals surface area (Å²) < 4.78 is 9.60. The van der Waals surface area contributed by atoms with Crippen LogP contribution in [0, 0.1) is 6.92 Å². The van der Waals surface area contributed by atoms with Gasteiger partial charge < -0.3 is 14.6 Å². The molecule has 1 N–H and O–H groups in total. The summed E-state index contributed by atoms with van der Waals surface area (Å²) >= 11 is 0.883. The minimum Gasteiger partial charge on any atom is -0.506 e. The van der Waals surface area contributed by atoms with Crippen molar-refractivity contribution in [3.8, 4) is 5.75 Å². The second-order valence-electron chi connectivity index (χ2n) is 3.17. The van der Waals surface area contributed by atoms with Crippen LogP contribution in [0.15, 0.2) is 0 Å². The molecule has 0 atom stereocenters. The quantitative estimate of drug-likeness (QED) is 0.837. The van der Waals surface area contributed by atoms with Crippen LogP contribution >= 0.6 is 11.3 Å². The molecule has 5 nitrogen and oxygen atoms in total. The van der Waals surface area contributed by atoms with E-state index in [1.807, 2.05) is 0 Å². The Labute approximate surface area is 103 Å². The Hall–Kier alpha value is -1.56. The molecule has 0 saturated heterocycles. The van der Waals surface area contributed by atoms with Crippen LogP contribution in [-0.2, 0) is 9.47 Å². The minimum absolute atomic E-state index is 0.0346. The molecule has 0 fully saturated rings. The second-order valence-corrected chi connectivity index (χ2v) is 4.20. The van der Waals surface area contributed by atoms with E-state index in [-0.39, 0.29) is 28.7 Å². The second kappa shape index (κ2) is 5.67. The molecule has 0 aliphatic rings. The van der Waals surface area contributed by atoms with E-state index in [0.717, 1.165) is 11.3 Å². The van der Waals surface area contributed by atoms with Crippen LogP contribution in [0.4, 0.5) is 0 Å². The Kier molecular flexibility index (Phi) is 4.51. The van der Waals surface area contributed by atoms with Gasteiger partial charge in [0.25, 0.3) is 0 Å². The zero-order chi connectivity index (χ0) is 13.0. The molecule has 6 heteroatoms. The molecule has 1 aromatic rings. The summed E-state index contributed by atoms with van der Waals surface area (Å²) in [6.45, 7) is 5.37. The predicted molar refractivity (Wildman–Crippen MR) is 62.6 cm³/mol. The molecule has 1 rings (SSSR count). The molecule has 0 bridgehead atoms. The maximum Gasteiger partial charge on any atom is 0.352 e. The number of aromatic hydroxyl groups is 1. The molecule has 0 aliphatic heterocycles. The lowest BCUT2D eigenvalue weighted by molar-refractivity contribution is 0.0521. The molecule has 0 unspecified atom stereocenters. The molecule has 94 valence electrons. The third kappa shape index (κ3) is 2.76. The van der Waals surface area contributed by atoms with Crippen molar-refractivity contribution in [2.75, 3.05) is 13.2 Å². The number of carbonyl (C=O) groups is 2. The van der Waals surface area contributed by atoms with E-state index in [9.17, 15) is 14.7 Å². The summed E-state index contributed by atoms with van der Waals surface area (Å²) in [7, 11) is 0. The molecular formula is C11H14O5S.